The lowest BCUT2D eigenvalue weighted by atomic mass is 10.3. The molecule has 3 aromatic rings. The third-order valence-electron chi connectivity index (χ3n) is 4.31. The van der Waals surface area contributed by atoms with E-state index in [1.807, 2.05) is 17.5 Å². The Morgan fingerprint density at radius 3 is 2.79 bits per heavy atom. The van der Waals surface area contributed by atoms with Crippen molar-refractivity contribution in [3.63, 3.8) is 0 Å². The fraction of sp³-hybridized carbons (Fsp3) is 0.389. The first-order chi connectivity index (χ1) is 14.1. The van der Waals surface area contributed by atoms with E-state index in [9.17, 15) is 8.42 Å². The van der Waals surface area contributed by atoms with Gasteiger partial charge in [-0.15, -0.1) is 23.1 Å². The zero-order valence-corrected chi connectivity index (χ0v) is 18.0. The Hall–Kier alpha value is -1.79. The summed E-state index contributed by atoms with van der Waals surface area (Å²) < 4.78 is 37.2. The third kappa shape index (κ3) is 5.04. The molecule has 0 spiro atoms. The van der Waals surface area contributed by atoms with Gasteiger partial charge >= 0.3 is 0 Å². The minimum Gasteiger partial charge on any atom is -0.379 e. The van der Waals surface area contributed by atoms with E-state index in [-0.39, 0.29) is 4.90 Å². The van der Waals surface area contributed by atoms with Crippen LogP contribution >= 0.6 is 23.1 Å². The van der Waals surface area contributed by atoms with Gasteiger partial charge in [0, 0.05) is 25.7 Å². The zero-order valence-electron chi connectivity index (χ0n) is 15.6. The van der Waals surface area contributed by atoms with Gasteiger partial charge in [0.25, 0.3) is 0 Å². The number of hydrogen-bond acceptors (Lipinski definition) is 9. The lowest BCUT2D eigenvalue weighted by Crippen LogP contribution is -2.40. The zero-order chi connectivity index (χ0) is 20.1. The summed E-state index contributed by atoms with van der Waals surface area (Å²) in [6.07, 6.45) is 2.97. The number of aromatic nitrogens is 3. The van der Waals surface area contributed by atoms with Crippen molar-refractivity contribution in [2.75, 3.05) is 32.1 Å². The summed E-state index contributed by atoms with van der Waals surface area (Å²) >= 11 is 3.15. The van der Waals surface area contributed by atoms with Crippen LogP contribution in [0.2, 0.25) is 0 Å². The summed E-state index contributed by atoms with van der Waals surface area (Å²) in [5.41, 5.74) is 0. The quantitative estimate of drug-likeness (QED) is 0.380. The average Bonchev–Trinajstić information content (AvgIpc) is 3.44. The summed E-state index contributed by atoms with van der Waals surface area (Å²) in [6, 6.07) is 7.28. The van der Waals surface area contributed by atoms with Gasteiger partial charge in [-0.05, 0) is 35.8 Å². The largest absolute Gasteiger partial charge is 0.379 e. The maximum absolute atomic E-state index is 12.6. The molecule has 11 heteroatoms. The number of rotatable bonds is 8. The molecule has 0 saturated carbocycles. The molecule has 0 radical (unpaired) electrons. The molecule has 0 aliphatic carbocycles. The average molecular weight is 453 g/mol. The summed E-state index contributed by atoms with van der Waals surface area (Å²) in [4.78, 5) is 9.92. The number of hydrogen-bond donors (Lipinski definition) is 0. The van der Waals surface area contributed by atoms with Crippen LogP contribution in [0.3, 0.4) is 0 Å². The monoisotopic (exact) mass is 452 g/mol. The number of pyridine rings is 1. The molecular weight excluding hydrogens is 432 g/mol. The molecule has 0 amide bonds. The second-order valence-corrected chi connectivity index (χ2v) is 10.3. The summed E-state index contributed by atoms with van der Waals surface area (Å²) in [6.45, 7) is 1.61. The third-order valence-corrected chi connectivity index (χ3v) is 8.09. The highest BCUT2D eigenvalue weighted by atomic mass is 32.2. The van der Waals surface area contributed by atoms with Crippen molar-refractivity contribution in [3.8, 4) is 10.7 Å². The van der Waals surface area contributed by atoms with Crippen molar-refractivity contribution in [2.45, 2.75) is 22.8 Å². The summed E-state index contributed by atoms with van der Waals surface area (Å²) in [5, 5.41) is 6.77. The SMILES string of the molecule is O=S(=O)(c1ccc(SCCCc2nc(-c3cccs3)no2)nc1)N1CCOCC1. The van der Waals surface area contributed by atoms with Crippen molar-refractivity contribution >= 4 is 33.1 Å². The van der Waals surface area contributed by atoms with Crippen molar-refractivity contribution in [1.82, 2.24) is 19.4 Å². The second-order valence-electron chi connectivity index (χ2n) is 6.29. The number of aryl methyl sites for hydroxylation is 1. The number of thioether (sulfide) groups is 1. The van der Waals surface area contributed by atoms with E-state index >= 15 is 0 Å². The first-order valence-electron chi connectivity index (χ1n) is 9.16. The van der Waals surface area contributed by atoms with Gasteiger partial charge in [-0.25, -0.2) is 13.4 Å². The molecule has 0 bridgehead atoms. The maximum Gasteiger partial charge on any atom is 0.244 e. The van der Waals surface area contributed by atoms with Gasteiger partial charge in [-0.3, -0.25) is 0 Å². The number of sulfonamides is 1. The van der Waals surface area contributed by atoms with Crippen molar-refractivity contribution < 1.29 is 17.7 Å². The van der Waals surface area contributed by atoms with Crippen molar-refractivity contribution in [2.24, 2.45) is 0 Å². The number of nitrogens with zero attached hydrogens (tertiary/aromatic N) is 4. The lowest BCUT2D eigenvalue weighted by Gasteiger charge is -2.25. The predicted octanol–water partition coefficient (Wildman–Crippen LogP) is 2.94. The van der Waals surface area contributed by atoms with Crippen LogP contribution in [-0.4, -0.2) is 59.9 Å². The van der Waals surface area contributed by atoms with Crippen LogP contribution in [0.5, 0.6) is 0 Å². The van der Waals surface area contributed by atoms with Crippen molar-refractivity contribution in [3.05, 3.63) is 41.7 Å². The van der Waals surface area contributed by atoms with E-state index in [0.717, 1.165) is 22.1 Å². The Morgan fingerprint density at radius 1 is 1.21 bits per heavy atom. The van der Waals surface area contributed by atoms with Gasteiger partial charge in [0.1, 0.15) is 4.90 Å². The number of morpholine rings is 1. The Kier molecular flexibility index (Phi) is 6.60. The Morgan fingerprint density at radius 2 is 2.07 bits per heavy atom. The minimum atomic E-state index is -3.50. The molecule has 1 fully saturated rings. The lowest BCUT2D eigenvalue weighted by molar-refractivity contribution is 0.0730. The van der Waals surface area contributed by atoms with Crippen LogP contribution in [0, 0.1) is 0 Å². The van der Waals surface area contributed by atoms with E-state index in [4.69, 9.17) is 9.26 Å². The van der Waals surface area contributed by atoms with Crippen LogP contribution in [0.15, 0.2) is 50.3 Å². The summed E-state index contributed by atoms with van der Waals surface area (Å²) in [5.74, 6) is 2.06. The fourth-order valence-electron chi connectivity index (χ4n) is 2.80. The van der Waals surface area contributed by atoms with Gasteiger partial charge in [0.15, 0.2) is 0 Å². The molecule has 1 aliphatic heterocycles. The molecule has 1 saturated heterocycles. The Labute approximate surface area is 177 Å². The molecule has 0 unspecified atom stereocenters. The number of ether oxygens (including phenoxy) is 1. The molecule has 0 N–H and O–H groups in total. The van der Waals surface area contributed by atoms with Gasteiger partial charge in [0.2, 0.25) is 21.7 Å². The van der Waals surface area contributed by atoms with Gasteiger partial charge in [-0.2, -0.15) is 9.29 Å². The molecular formula is C18H20N4O4S3. The Balaban J connectivity index is 1.26. The molecule has 0 aromatic carbocycles. The fourth-order valence-corrected chi connectivity index (χ4v) is 5.60. The highest BCUT2D eigenvalue weighted by Gasteiger charge is 2.26. The standard InChI is InChI=1S/C18H20N4O4S3/c23-29(24,22-7-9-25-10-8-22)14-5-6-17(19-13-14)28-12-2-4-16-20-18(21-26-16)15-3-1-11-27-15/h1,3,5-6,11,13H,2,4,7-10,12H2. The predicted molar refractivity (Wildman–Crippen MR) is 110 cm³/mol. The molecule has 4 rings (SSSR count). The first kappa shape index (κ1) is 20.5. The Bertz CT molecular complexity index is 1010. The van der Waals surface area contributed by atoms with Crippen molar-refractivity contribution in [1.29, 1.82) is 0 Å². The normalized spacial score (nSPS) is 15.6. The van der Waals surface area contributed by atoms with E-state index in [1.165, 1.54) is 10.5 Å². The summed E-state index contributed by atoms with van der Waals surface area (Å²) in [7, 11) is -3.50. The molecule has 29 heavy (non-hydrogen) atoms. The van der Waals surface area contributed by atoms with Crippen LogP contribution in [0.25, 0.3) is 10.7 Å². The molecule has 0 atom stereocenters. The van der Waals surface area contributed by atoms with E-state index < -0.39 is 10.0 Å². The van der Waals surface area contributed by atoms with Crippen LogP contribution in [0.4, 0.5) is 0 Å². The minimum absolute atomic E-state index is 0.218. The van der Waals surface area contributed by atoms with Gasteiger partial charge < -0.3 is 9.26 Å². The second kappa shape index (κ2) is 9.35. The molecule has 1 aliphatic rings. The van der Waals surface area contributed by atoms with Crippen LogP contribution < -0.4 is 0 Å². The van der Waals surface area contributed by atoms with Crippen LogP contribution in [-0.2, 0) is 21.2 Å². The van der Waals surface area contributed by atoms with Gasteiger partial charge in [-0.1, -0.05) is 11.2 Å². The molecule has 4 heterocycles. The van der Waals surface area contributed by atoms with E-state index in [1.54, 1.807) is 35.2 Å². The highest BCUT2D eigenvalue weighted by Crippen LogP contribution is 2.23. The highest BCUT2D eigenvalue weighted by molar-refractivity contribution is 7.99. The van der Waals surface area contributed by atoms with E-state index in [0.29, 0.717) is 44.4 Å². The first-order valence-corrected chi connectivity index (χ1v) is 12.5. The van der Waals surface area contributed by atoms with Gasteiger partial charge in [0.05, 0.1) is 23.1 Å². The maximum atomic E-state index is 12.6. The topological polar surface area (TPSA) is 98.4 Å². The molecule has 154 valence electrons. The molecule has 3 aromatic heterocycles. The van der Waals surface area contributed by atoms with Crippen LogP contribution in [0.1, 0.15) is 12.3 Å². The number of thiophene rings is 1. The molecule has 8 nitrogen and oxygen atoms in total. The van der Waals surface area contributed by atoms with E-state index in [2.05, 4.69) is 15.1 Å². The smallest absolute Gasteiger partial charge is 0.244 e.